The molecule has 2 unspecified atom stereocenters. The van der Waals surface area contributed by atoms with Gasteiger partial charge in [-0.1, -0.05) is 159 Å². The summed E-state index contributed by atoms with van der Waals surface area (Å²) < 4.78 is 43.0. The molecule has 0 bridgehead atoms. The van der Waals surface area contributed by atoms with Crippen LogP contribution in [0.15, 0.2) is 194 Å². The summed E-state index contributed by atoms with van der Waals surface area (Å²) in [6.07, 6.45) is 0.531. The maximum absolute atomic E-state index is 12.0. The Balaban J connectivity index is 0.000000213. The minimum Gasteiger partial charge on any atom is -0.490 e. The molecule has 0 amide bonds. The Morgan fingerprint density at radius 3 is 0.789 bits per heavy atom. The van der Waals surface area contributed by atoms with Crippen LogP contribution in [0.3, 0.4) is 0 Å². The fraction of sp³-hybridized carbons (Fsp3) is 0.297. The summed E-state index contributed by atoms with van der Waals surface area (Å²) in [6.45, 7) is 12.1. The number of esters is 4. The predicted octanol–water partition coefficient (Wildman–Crippen LogP) is 14.6. The molecule has 0 heterocycles. The smallest absolute Gasteiger partial charge is 0.321 e. The van der Waals surface area contributed by atoms with Crippen LogP contribution in [-0.2, 0) is 49.0 Å². The Bertz CT molecular complexity index is 3490. The van der Waals surface area contributed by atoms with Gasteiger partial charge in [-0.3, -0.25) is 19.2 Å². The molecular weight excluding hydrogens is 1210 g/mol. The van der Waals surface area contributed by atoms with Gasteiger partial charge in [-0.15, -0.1) is 0 Å². The van der Waals surface area contributed by atoms with Crippen LogP contribution in [-0.4, -0.2) is 96.7 Å². The molecule has 2 atom stereocenters. The van der Waals surface area contributed by atoms with E-state index < -0.39 is 20.3 Å². The first-order valence-corrected chi connectivity index (χ1v) is 31.9. The molecule has 0 fully saturated rings. The van der Waals surface area contributed by atoms with Crippen LogP contribution in [0.5, 0.6) is 23.0 Å². The number of hydrogen-bond donors (Lipinski definition) is 4. The van der Waals surface area contributed by atoms with Gasteiger partial charge in [0.1, 0.15) is 85.3 Å². The number of thiol groups is 4. The molecular formula is C74H76O12S4. The molecule has 8 aromatic rings. The first kappa shape index (κ1) is 66.7. The van der Waals surface area contributed by atoms with Crippen molar-refractivity contribution in [2.45, 2.75) is 85.2 Å². The Morgan fingerprint density at radius 1 is 0.344 bits per heavy atom. The summed E-state index contributed by atoms with van der Waals surface area (Å²) in [4.78, 5) is 47.6. The quantitative estimate of drug-likeness (QED) is 0.0177. The normalized spacial score (nSPS) is 13.7. The van der Waals surface area contributed by atoms with Crippen LogP contribution in [0.1, 0.15) is 98.9 Å². The zero-order valence-electron chi connectivity index (χ0n) is 51.4. The summed E-state index contributed by atoms with van der Waals surface area (Å²) in [5, 5.41) is -0.0898. The minimum absolute atomic E-state index is 0.0449. The second-order valence-corrected chi connectivity index (χ2v) is 27.1. The van der Waals surface area contributed by atoms with E-state index in [4.69, 9.17) is 37.9 Å². The van der Waals surface area contributed by atoms with E-state index in [-0.39, 0.29) is 100 Å². The van der Waals surface area contributed by atoms with E-state index in [1.807, 2.05) is 62.4 Å². The molecule has 10 rings (SSSR count). The third-order valence-corrected chi connectivity index (χ3v) is 16.1. The van der Waals surface area contributed by atoms with E-state index in [0.29, 0.717) is 23.0 Å². The SMILES string of the molecule is CC(C)(S)C(=O)OCCOc1ccc(C2(c3ccc(OCCOC(=O)C(C)(C)S)cc3)c3ccccc3-c3ccccc32)cc1.CC(S)CC(=O)OCCOc1ccc(C2(c3ccc(OCCOC(=O)CC(C)S)cc3)c3ccccc3-c3ccccc32)cc1. The van der Waals surface area contributed by atoms with Gasteiger partial charge in [-0.05, 0) is 143 Å². The van der Waals surface area contributed by atoms with E-state index in [9.17, 15) is 19.2 Å². The van der Waals surface area contributed by atoms with Crippen LogP contribution in [0.25, 0.3) is 22.3 Å². The summed E-state index contributed by atoms with van der Waals surface area (Å²) in [5.41, 5.74) is 12.8. The highest BCUT2D eigenvalue weighted by Gasteiger charge is 2.47. The zero-order chi connectivity index (χ0) is 64.1. The van der Waals surface area contributed by atoms with Crippen molar-refractivity contribution in [3.8, 4) is 45.3 Å². The van der Waals surface area contributed by atoms with Crippen LogP contribution >= 0.6 is 50.5 Å². The van der Waals surface area contributed by atoms with Crippen molar-refractivity contribution in [1.82, 2.24) is 0 Å². The number of rotatable bonds is 26. The number of fused-ring (bicyclic) bond motifs is 6. The summed E-state index contributed by atoms with van der Waals surface area (Å²) in [6, 6.07) is 66.6. The fourth-order valence-electron chi connectivity index (χ4n) is 11.4. The first-order valence-electron chi connectivity index (χ1n) is 30.0. The van der Waals surface area contributed by atoms with Gasteiger partial charge in [0.05, 0.1) is 23.7 Å². The molecule has 16 heteroatoms. The molecule has 2 aliphatic rings. The molecule has 0 aromatic heterocycles. The molecule has 12 nitrogen and oxygen atoms in total. The molecule has 0 radical (unpaired) electrons. The highest BCUT2D eigenvalue weighted by Crippen LogP contribution is 2.58. The summed E-state index contributed by atoms with van der Waals surface area (Å²) in [5.74, 6) is 1.42. The highest BCUT2D eigenvalue weighted by molar-refractivity contribution is 7.83. The van der Waals surface area contributed by atoms with Crippen molar-refractivity contribution in [2.24, 2.45) is 0 Å². The van der Waals surface area contributed by atoms with Crippen molar-refractivity contribution in [3.63, 3.8) is 0 Å². The first-order chi connectivity index (χ1) is 43.2. The van der Waals surface area contributed by atoms with E-state index in [1.165, 1.54) is 44.5 Å². The minimum atomic E-state index is -0.855. The van der Waals surface area contributed by atoms with Gasteiger partial charge in [-0.2, -0.15) is 50.5 Å². The second kappa shape index (κ2) is 29.9. The molecule has 0 saturated heterocycles. The van der Waals surface area contributed by atoms with Crippen molar-refractivity contribution < 1.29 is 57.1 Å². The molecule has 0 spiro atoms. The lowest BCUT2D eigenvalue weighted by atomic mass is 9.68. The third-order valence-electron chi connectivity index (χ3n) is 15.4. The van der Waals surface area contributed by atoms with Crippen molar-refractivity contribution in [1.29, 1.82) is 0 Å². The third kappa shape index (κ3) is 15.5. The lowest BCUT2D eigenvalue weighted by molar-refractivity contribution is -0.147. The molecule has 8 aromatic carbocycles. The lowest BCUT2D eigenvalue weighted by Gasteiger charge is -2.34. The Labute approximate surface area is 549 Å². The molecule has 468 valence electrons. The largest absolute Gasteiger partial charge is 0.490 e. The van der Waals surface area contributed by atoms with Crippen LogP contribution in [0.4, 0.5) is 0 Å². The fourth-order valence-corrected chi connectivity index (χ4v) is 11.9. The van der Waals surface area contributed by atoms with Crippen LogP contribution < -0.4 is 18.9 Å². The topological polar surface area (TPSA) is 142 Å². The van der Waals surface area contributed by atoms with Crippen molar-refractivity contribution in [3.05, 3.63) is 239 Å². The maximum atomic E-state index is 12.0. The van der Waals surface area contributed by atoms with Crippen molar-refractivity contribution in [2.75, 3.05) is 52.9 Å². The number of carbonyl (C=O) groups excluding carboxylic acids is 4. The van der Waals surface area contributed by atoms with Crippen LogP contribution in [0.2, 0.25) is 0 Å². The van der Waals surface area contributed by atoms with Gasteiger partial charge in [0.15, 0.2) is 0 Å². The van der Waals surface area contributed by atoms with Crippen molar-refractivity contribution >= 4 is 74.4 Å². The molecule has 2 aliphatic carbocycles. The Morgan fingerprint density at radius 2 is 0.567 bits per heavy atom. The average Bonchev–Trinajstić information content (AvgIpc) is 1.55. The van der Waals surface area contributed by atoms with Gasteiger partial charge in [0, 0.05) is 10.5 Å². The number of carbonyl (C=O) groups is 4. The Hall–Kier alpha value is -7.76. The molecule has 0 saturated carbocycles. The van der Waals surface area contributed by atoms with E-state index in [2.05, 4.69) is 196 Å². The average molecular weight is 1290 g/mol. The molecule has 90 heavy (non-hydrogen) atoms. The standard InChI is InChI=1S/2C37H38O6S2/c1-35(2,44)33(38)42-23-21-40-27-17-13-25(14-18-27)37(31-11-7-5-9-29(31)30-10-6-8-12-32(30)37)26-15-19-28(20-16-26)41-22-24-43-34(39)36(3,4)45;1-25(44)23-35(38)42-21-19-40-29-15-11-27(12-16-29)37(33-9-5-3-7-31(33)32-8-4-6-10-34(32)37)28-13-17-30(18-14-28)41-20-22-43-36(39)24-26(2)45/h5-20,44-45H,21-24H2,1-4H3;3-18,25-26,44-45H,19-24H2,1-2H3. The van der Waals surface area contributed by atoms with Gasteiger partial charge < -0.3 is 37.9 Å². The highest BCUT2D eigenvalue weighted by atomic mass is 32.1. The van der Waals surface area contributed by atoms with Gasteiger partial charge in [0.2, 0.25) is 0 Å². The van der Waals surface area contributed by atoms with E-state index in [0.717, 1.165) is 22.3 Å². The van der Waals surface area contributed by atoms with Gasteiger partial charge in [-0.25, -0.2) is 0 Å². The van der Waals surface area contributed by atoms with Gasteiger partial charge in [0.25, 0.3) is 0 Å². The number of hydrogen-bond acceptors (Lipinski definition) is 16. The number of benzene rings is 8. The number of ether oxygens (including phenoxy) is 8. The molecule has 0 N–H and O–H groups in total. The zero-order valence-corrected chi connectivity index (χ0v) is 55.0. The van der Waals surface area contributed by atoms with E-state index in [1.54, 1.807) is 27.7 Å². The second-order valence-electron chi connectivity index (χ2n) is 23.1. The summed E-state index contributed by atoms with van der Waals surface area (Å²) >= 11 is 17.0. The molecule has 0 aliphatic heterocycles. The lowest BCUT2D eigenvalue weighted by Crippen LogP contribution is -2.29. The Kier molecular flexibility index (Phi) is 22.2. The van der Waals surface area contributed by atoms with E-state index >= 15 is 0 Å². The monoisotopic (exact) mass is 1280 g/mol. The van der Waals surface area contributed by atoms with Gasteiger partial charge >= 0.3 is 23.9 Å². The van der Waals surface area contributed by atoms with Crippen LogP contribution in [0, 0.1) is 0 Å². The maximum Gasteiger partial charge on any atom is 0.321 e. The predicted molar refractivity (Wildman–Crippen MR) is 366 cm³/mol. The summed E-state index contributed by atoms with van der Waals surface area (Å²) in [7, 11) is 0.